The average Bonchev–Trinajstić information content (AvgIpc) is 2.61. The van der Waals surface area contributed by atoms with Crippen LogP contribution in [-0.2, 0) is 27.2 Å². The summed E-state index contributed by atoms with van der Waals surface area (Å²) in [5.41, 5.74) is -1.86. The molecule has 146 valence electrons. The van der Waals surface area contributed by atoms with E-state index in [0.717, 1.165) is 0 Å². The Morgan fingerprint density at radius 2 is 1.04 bits per heavy atom. The summed E-state index contributed by atoms with van der Waals surface area (Å²) in [7, 11) is -8.06. The van der Waals surface area contributed by atoms with E-state index in [2.05, 4.69) is 0 Å². The zero-order valence-electron chi connectivity index (χ0n) is 15.3. The lowest BCUT2D eigenvalue weighted by Gasteiger charge is -2.17. The summed E-state index contributed by atoms with van der Waals surface area (Å²) in [5, 5.41) is 0. The molecule has 1 aromatic carbocycles. The zero-order chi connectivity index (χ0) is 19.8. The van der Waals surface area contributed by atoms with Crippen LogP contribution in [-0.4, -0.2) is 37.5 Å². The van der Waals surface area contributed by atoms with E-state index in [4.69, 9.17) is 18.1 Å². The van der Waals surface area contributed by atoms with Gasteiger partial charge in [-0.25, -0.2) is 0 Å². The molecule has 8 nitrogen and oxygen atoms in total. The highest BCUT2D eigenvalue weighted by Gasteiger charge is 2.38. The number of hydrogen-bond donors (Lipinski definition) is 0. The third-order valence-corrected chi connectivity index (χ3v) is 6.95. The van der Waals surface area contributed by atoms with Gasteiger partial charge in [-0.3, -0.25) is 18.7 Å². The van der Waals surface area contributed by atoms with Gasteiger partial charge in [0.25, 0.3) is 11.0 Å². The van der Waals surface area contributed by atoms with E-state index < -0.39 is 26.2 Å². The first-order chi connectivity index (χ1) is 12.3. The van der Waals surface area contributed by atoms with Crippen LogP contribution in [0.1, 0.15) is 48.4 Å². The van der Waals surface area contributed by atoms with E-state index >= 15 is 0 Å². The molecule has 0 aromatic heterocycles. The van der Waals surface area contributed by atoms with Crippen molar-refractivity contribution in [2.24, 2.45) is 0 Å². The molecule has 1 rings (SSSR count). The Hall–Kier alpha value is -1.14. The molecule has 0 aliphatic carbocycles. The Bertz CT molecular complexity index is 653. The largest absolute Gasteiger partial charge is 0.401 e. The van der Waals surface area contributed by atoms with Crippen molar-refractivity contribution in [2.75, 3.05) is 26.4 Å². The van der Waals surface area contributed by atoms with E-state index in [1.165, 1.54) is 24.3 Å². The fourth-order valence-electron chi connectivity index (χ4n) is 2.09. The molecule has 0 aliphatic heterocycles. The van der Waals surface area contributed by atoms with Gasteiger partial charge in [0.15, 0.2) is 0 Å². The third kappa shape index (κ3) is 5.43. The summed E-state index contributed by atoms with van der Waals surface area (Å²) >= 11 is 0. The molecule has 0 fully saturated rings. The molecule has 0 atom stereocenters. The van der Waals surface area contributed by atoms with E-state index in [-0.39, 0.29) is 37.6 Å². The molecule has 0 heterocycles. The molecule has 0 bridgehead atoms. The Balaban J connectivity index is 3.25. The highest BCUT2D eigenvalue weighted by Crippen LogP contribution is 2.53. The molecule has 0 N–H and O–H groups in total. The summed E-state index contributed by atoms with van der Waals surface area (Å²) in [6.07, 6.45) is 0. The standard InChI is InChI=1S/C16H24O8P2/c1-5-21-25(19,22-6-2)15(17)13-10-9-11-14(12-13)16(18)26(20,23-7-3)24-8-4/h9-12H,5-8H2,1-4H3. The van der Waals surface area contributed by atoms with Crippen LogP contribution in [0.25, 0.3) is 0 Å². The van der Waals surface area contributed by atoms with Gasteiger partial charge in [-0.15, -0.1) is 0 Å². The van der Waals surface area contributed by atoms with E-state index in [0.29, 0.717) is 0 Å². The highest BCUT2D eigenvalue weighted by atomic mass is 31.2. The number of benzene rings is 1. The van der Waals surface area contributed by atoms with Crippen LogP contribution in [0.15, 0.2) is 24.3 Å². The Kier molecular flexibility index (Phi) is 9.04. The lowest BCUT2D eigenvalue weighted by Crippen LogP contribution is -2.11. The summed E-state index contributed by atoms with van der Waals surface area (Å²) in [6, 6.07) is 5.33. The van der Waals surface area contributed by atoms with Gasteiger partial charge in [-0.2, -0.15) is 0 Å². The lowest BCUT2D eigenvalue weighted by molar-refractivity contribution is 0.0998. The van der Waals surface area contributed by atoms with E-state index in [1.807, 2.05) is 0 Å². The van der Waals surface area contributed by atoms with Crippen LogP contribution in [0.5, 0.6) is 0 Å². The van der Waals surface area contributed by atoms with Crippen molar-refractivity contribution in [3.05, 3.63) is 35.4 Å². The minimum atomic E-state index is -4.03. The smallest absolute Gasteiger partial charge is 0.303 e. The summed E-state index contributed by atoms with van der Waals surface area (Å²) in [5.74, 6) is 0. The zero-order valence-corrected chi connectivity index (χ0v) is 17.1. The molecule has 0 aliphatic rings. The molecule has 1 aromatic rings. The predicted octanol–water partition coefficient (Wildman–Crippen LogP) is 4.50. The topological polar surface area (TPSA) is 105 Å². The van der Waals surface area contributed by atoms with E-state index in [1.54, 1.807) is 27.7 Å². The number of carbonyl (C=O) groups is 2. The van der Waals surface area contributed by atoms with Gasteiger partial charge < -0.3 is 18.1 Å². The molecule has 0 amide bonds. The summed E-state index contributed by atoms with van der Waals surface area (Å²) in [6.45, 7) is 6.41. The van der Waals surface area contributed by atoms with Crippen LogP contribution in [0.4, 0.5) is 0 Å². The first-order valence-corrected chi connectivity index (χ1v) is 11.3. The van der Waals surface area contributed by atoms with Crippen molar-refractivity contribution in [1.29, 1.82) is 0 Å². The maximum Gasteiger partial charge on any atom is 0.401 e. The van der Waals surface area contributed by atoms with Gasteiger partial charge in [-0.1, -0.05) is 18.2 Å². The molecule has 0 spiro atoms. The second kappa shape index (κ2) is 10.3. The van der Waals surface area contributed by atoms with Gasteiger partial charge in [-0.05, 0) is 33.8 Å². The highest BCUT2D eigenvalue weighted by molar-refractivity contribution is 7.73. The Morgan fingerprint density at radius 3 is 1.31 bits per heavy atom. The molecular weight excluding hydrogens is 382 g/mol. The van der Waals surface area contributed by atoms with Crippen LogP contribution >= 0.6 is 15.2 Å². The monoisotopic (exact) mass is 406 g/mol. The first-order valence-electron chi connectivity index (χ1n) is 8.26. The maximum atomic E-state index is 12.6. The van der Waals surface area contributed by atoms with Crippen molar-refractivity contribution >= 4 is 26.2 Å². The molecule has 26 heavy (non-hydrogen) atoms. The summed E-state index contributed by atoms with van der Waals surface area (Å²) in [4.78, 5) is 25.1. The SMILES string of the molecule is CCOP(=O)(OCC)C(=O)c1cccc(C(=O)P(=O)(OCC)OCC)c1. The third-order valence-electron chi connectivity index (χ3n) is 3.05. The molecule has 0 saturated heterocycles. The first kappa shape index (κ1) is 22.9. The van der Waals surface area contributed by atoms with Gasteiger partial charge in [0.2, 0.25) is 0 Å². The fraction of sp³-hybridized carbons (Fsp3) is 0.500. The van der Waals surface area contributed by atoms with Crippen LogP contribution in [0, 0.1) is 0 Å². The van der Waals surface area contributed by atoms with Crippen molar-refractivity contribution < 1.29 is 36.8 Å². The second-order valence-corrected chi connectivity index (χ2v) is 8.69. The van der Waals surface area contributed by atoms with Crippen molar-refractivity contribution in [3.63, 3.8) is 0 Å². The minimum absolute atomic E-state index is 0.0194. The normalized spacial score (nSPS) is 12.2. The van der Waals surface area contributed by atoms with Crippen molar-refractivity contribution in [3.8, 4) is 0 Å². The second-order valence-electron chi connectivity index (χ2n) is 4.86. The Labute approximate surface area is 153 Å². The molecule has 0 radical (unpaired) electrons. The van der Waals surface area contributed by atoms with Crippen LogP contribution in [0.2, 0.25) is 0 Å². The van der Waals surface area contributed by atoms with Crippen molar-refractivity contribution in [1.82, 2.24) is 0 Å². The number of rotatable bonds is 12. The lowest BCUT2D eigenvalue weighted by atomic mass is 10.1. The van der Waals surface area contributed by atoms with Crippen molar-refractivity contribution in [2.45, 2.75) is 27.7 Å². The van der Waals surface area contributed by atoms with Gasteiger partial charge in [0, 0.05) is 11.1 Å². The van der Waals surface area contributed by atoms with Gasteiger partial charge in [0.05, 0.1) is 26.4 Å². The van der Waals surface area contributed by atoms with Crippen LogP contribution < -0.4 is 0 Å². The molecule has 10 heteroatoms. The predicted molar refractivity (Wildman–Crippen MR) is 96.8 cm³/mol. The van der Waals surface area contributed by atoms with Gasteiger partial charge in [0.1, 0.15) is 0 Å². The Morgan fingerprint density at radius 1 is 0.731 bits per heavy atom. The fourth-order valence-corrected chi connectivity index (χ4v) is 4.98. The molecular formula is C16H24O8P2. The van der Waals surface area contributed by atoms with E-state index in [9.17, 15) is 18.7 Å². The number of hydrogen-bond acceptors (Lipinski definition) is 8. The molecule has 0 unspecified atom stereocenters. The maximum absolute atomic E-state index is 12.6. The quantitative estimate of drug-likeness (QED) is 0.467. The molecule has 0 saturated carbocycles. The average molecular weight is 406 g/mol. The van der Waals surface area contributed by atoms with Gasteiger partial charge >= 0.3 is 15.2 Å². The minimum Gasteiger partial charge on any atom is -0.303 e. The summed E-state index contributed by atoms with van der Waals surface area (Å²) < 4.78 is 45.3. The van der Waals surface area contributed by atoms with Crippen LogP contribution in [0.3, 0.4) is 0 Å². The number of carbonyl (C=O) groups excluding carboxylic acids is 2.